The molecule has 1 radical (unpaired) electrons. The molecule has 0 N–H and O–H groups in total. The average molecular weight is 1410 g/mol. The van der Waals surface area contributed by atoms with Crippen LogP contribution in [0.3, 0.4) is 0 Å². The molecule has 19 nitrogen and oxygen atoms in total. The van der Waals surface area contributed by atoms with E-state index in [2.05, 4.69) is 124 Å². The van der Waals surface area contributed by atoms with Crippen LogP contribution in [0.4, 0.5) is 0 Å². The number of ether oxygens (including phenoxy) is 9. The van der Waals surface area contributed by atoms with E-state index in [-0.39, 0.29) is 81.6 Å². The Kier molecular flexibility index (Phi) is 25.1. The predicted octanol–water partition coefficient (Wildman–Crippen LogP) is 12.6. The third-order valence-corrected chi connectivity index (χ3v) is 33.1. The van der Waals surface area contributed by atoms with Crippen LogP contribution in [0, 0.1) is 29.6 Å². The maximum atomic E-state index is 14.9. The van der Waals surface area contributed by atoms with E-state index in [9.17, 15) is 20.6 Å². The molecule has 2 bridgehead atoms. The van der Waals surface area contributed by atoms with Gasteiger partial charge < -0.3 is 18.6 Å². The molecule has 0 spiro atoms. The van der Waals surface area contributed by atoms with Gasteiger partial charge in [-0.1, -0.05) is 156 Å². The second kappa shape index (κ2) is 33.5. The van der Waals surface area contributed by atoms with Crippen LogP contribution in [0.15, 0.2) is 192 Å². The number of nitrogens with zero attached hydrogens (tertiary/aromatic N) is 6. The number of rotatable bonds is 27. The maximum absolute atomic E-state index is 14.9. The van der Waals surface area contributed by atoms with Crippen molar-refractivity contribution in [1.82, 2.24) is 0 Å². The van der Waals surface area contributed by atoms with Gasteiger partial charge in [-0.2, -0.15) is 0 Å². The van der Waals surface area contributed by atoms with Gasteiger partial charge in [-0.25, -0.2) is 0 Å². The third-order valence-electron chi connectivity index (χ3n) is 21.5. The zero-order valence-electron chi connectivity index (χ0n) is 59.3. The van der Waals surface area contributed by atoms with E-state index in [0.29, 0.717) is 0 Å². The van der Waals surface area contributed by atoms with Crippen LogP contribution in [-0.2, 0) is 62.8 Å². The van der Waals surface area contributed by atoms with Crippen molar-refractivity contribution in [2.45, 2.75) is 197 Å². The molecule has 5 saturated heterocycles. The summed E-state index contributed by atoms with van der Waals surface area (Å²) in [6.07, 6.45) is -8.27. The summed E-state index contributed by atoms with van der Waals surface area (Å²) in [6.45, 7) is 25.4. The molecular weight excluding hydrogens is 1310 g/mol. The standard InChI is InChI=1S/C76H96B2N6O13PSi2/c1-48-49(2)66(60-43-42-59(48)90-60)95-72-64(81-83-79)51(4)67(63(92-72)47-89-100(76(9,10)11,57-38-26-16-27-39-57)58-40-28-17-29-41-58)97-74-69(94-71(85)54-32-20-13-21-33-54)52(5)68(62(93-74)45-87-44-53-30-18-12-19-31-53)96-73-65(82-84-80)70(98-78-77-86)50(3)61(91-73)46-88-99(75(6,7)8,55-34-22-14-23-35-55)56-36-24-15-25-37-56/h12-41,48-52,59-70,72-74,98H,42-47H2,1-11H3/t48-,49+,50+,51+,52-,59?,60?,61?,62?,63?,64?,65?,66?,67-,68-,69?,70-,72-,73-,74-/m0/s1. The normalized spacial score (nSPS) is 30.9. The van der Waals surface area contributed by atoms with Crippen molar-refractivity contribution in [2.24, 2.45) is 39.8 Å². The minimum Gasteiger partial charge on any atom is -0.0622 e. The Hall–Kier alpha value is -6.20. The molecule has 0 saturated carbocycles. The Bertz CT molecular complexity index is 3630. The number of hydrogen-bond donors (Lipinski definition) is 0. The molecule has 11 rings (SSSR count). The summed E-state index contributed by atoms with van der Waals surface area (Å²) < 4.78 is 92.0. The molecule has 10 unspecified atom stereocenters. The number of fused-ring (bicyclic) bond motifs is 2. The summed E-state index contributed by atoms with van der Waals surface area (Å²) in [4.78, 5) is 21.8. The van der Waals surface area contributed by atoms with Crippen LogP contribution < -0.4 is 20.7 Å². The third kappa shape index (κ3) is 16.1. The fourth-order valence-corrected chi connectivity index (χ4v) is 26.4. The summed E-state index contributed by atoms with van der Waals surface area (Å²) in [5, 5.41) is 12.4. The molecular formula is C76H96B2N6O13PSi2. The Balaban J connectivity index is 0.996. The molecule has 0 aliphatic carbocycles. The summed E-state index contributed by atoms with van der Waals surface area (Å²) in [6, 6.07) is 58.0. The topological polar surface area (TPSA) is 233 Å². The van der Waals surface area contributed by atoms with Crippen LogP contribution >= 0.6 is 8.46 Å². The molecule has 5 fully saturated rings. The Morgan fingerprint density at radius 1 is 0.500 bits per heavy atom. The first-order valence-electron chi connectivity index (χ1n) is 35.3. The van der Waals surface area contributed by atoms with Crippen molar-refractivity contribution in [3.8, 4) is 0 Å². The number of carbonyl (C=O) groups is 1. The van der Waals surface area contributed by atoms with E-state index in [1.807, 2.05) is 130 Å². The Morgan fingerprint density at radius 3 is 1.45 bits per heavy atom. The zero-order valence-corrected chi connectivity index (χ0v) is 62.3. The van der Waals surface area contributed by atoms with Crippen molar-refractivity contribution in [2.75, 3.05) is 19.8 Å². The van der Waals surface area contributed by atoms with E-state index in [1.165, 1.54) is 0 Å². The molecule has 5 aliphatic heterocycles. The molecule has 0 aromatic heterocycles. The molecule has 527 valence electrons. The van der Waals surface area contributed by atoms with Crippen molar-refractivity contribution < 1.29 is 61.0 Å². The Morgan fingerprint density at radius 2 is 0.930 bits per heavy atom. The summed E-state index contributed by atoms with van der Waals surface area (Å²) in [5.74, 6) is -2.15. The molecule has 24 heteroatoms. The molecule has 21 atom stereocenters. The van der Waals surface area contributed by atoms with Crippen molar-refractivity contribution in [1.29, 1.82) is 0 Å². The van der Waals surface area contributed by atoms with Gasteiger partial charge in [-0.15, -0.1) is 0 Å². The smallest absolute Gasteiger partial charge is 0.0622 e. The second-order valence-corrected chi connectivity index (χ2v) is 39.5. The van der Waals surface area contributed by atoms with Gasteiger partial charge in [0.1, 0.15) is 6.10 Å². The number of azide groups is 2. The van der Waals surface area contributed by atoms with Crippen molar-refractivity contribution in [3.63, 3.8) is 0 Å². The average Bonchev–Trinajstić information content (AvgIpc) is 0.915. The SMILES string of the molecule is C[C@@H]1C(N=[N+]=[N-])[C@H](OC2C3CCC(O3)[C@@H](C)[C@H]2C)OC(CO[Si](c2ccccc2)(c2ccccc2)C(C)(C)C)[C@H]1O[C@@H]1OC(COCc2ccccc2)[C@@H](O[C@@H]2OC(CO[Si](c3ccccc3)(c3ccccc3)C(C)(C)C)[C@@H](C)[C@H](P[B]B=O)C2N=[N+]=[N-])[C@H](C)C1OC(=O)c1ccccc1. The monoisotopic (exact) mass is 1410 g/mol. The van der Waals surface area contributed by atoms with E-state index >= 15 is 0 Å². The number of hydrogen-bond acceptors (Lipinski definition) is 15. The van der Waals surface area contributed by atoms with Crippen LogP contribution in [0.5, 0.6) is 0 Å². The van der Waals surface area contributed by atoms with Gasteiger partial charge in [0.25, 0.3) is 8.32 Å². The minimum absolute atomic E-state index is 0.0155. The van der Waals surface area contributed by atoms with E-state index in [4.69, 9.17) is 51.5 Å². The van der Waals surface area contributed by atoms with Gasteiger partial charge in [0.05, 0.1) is 31.0 Å². The van der Waals surface area contributed by atoms with E-state index < -0.39 is 113 Å². The first-order chi connectivity index (χ1) is 48.2. The number of esters is 1. The van der Waals surface area contributed by atoms with Crippen LogP contribution in [0.2, 0.25) is 10.1 Å². The summed E-state index contributed by atoms with van der Waals surface area (Å²) >= 11 is 0. The predicted molar refractivity (Wildman–Crippen MR) is 393 cm³/mol. The van der Waals surface area contributed by atoms with Crippen LogP contribution in [0.25, 0.3) is 20.9 Å². The van der Waals surface area contributed by atoms with Crippen LogP contribution in [-0.4, -0.2) is 148 Å². The molecule has 6 aromatic carbocycles. The van der Waals surface area contributed by atoms with Gasteiger partial charge in [-0.05, 0) is 63.7 Å². The van der Waals surface area contributed by atoms with Crippen molar-refractivity contribution in [3.05, 3.63) is 214 Å². The Labute approximate surface area is 594 Å². The molecule has 5 heterocycles. The number of carbonyl (C=O) groups excluding carboxylic acids is 1. The molecule has 0 amide bonds. The number of benzene rings is 6. The molecule has 6 aromatic rings. The van der Waals surface area contributed by atoms with Crippen LogP contribution in [0.1, 0.15) is 105 Å². The van der Waals surface area contributed by atoms with E-state index in [0.717, 1.165) is 46.2 Å². The summed E-state index contributed by atoms with van der Waals surface area (Å²) in [5.41, 5.74) is 21.8. The minimum atomic E-state index is -3.30. The van der Waals surface area contributed by atoms with Gasteiger partial charge in [0.15, 0.2) is 6.29 Å². The van der Waals surface area contributed by atoms with Gasteiger partial charge in [0.2, 0.25) is 0 Å². The molecule has 100 heavy (non-hydrogen) atoms. The van der Waals surface area contributed by atoms with Gasteiger partial charge in [-0.3, -0.25) is 0 Å². The fraction of sp³-hybridized carbons (Fsp3) is 0.513. The zero-order chi connectivity index (χ0) is 70.8. The summed E-state index contributed by atoms with van der Waals surface area (Å²) in [7, 11) is -5.80. The second-order valence-electron chi connectivity index (χ2n) is 29.6. The first kappa shape index (κ1) is 75.0. The molecule has 5 aliphatic rings. The quantitative estimate of drug-likeness (QED) is 0.0117. The van der Waals surface area contributed by atoms with Gasteiger partial charge >= 0.3 is 303 Å². The first-order valence-corrected chi connectivity index (χ1v) is 40.3. The fourth-order valence-electron chi connectivity index (χ4n) is 16.0. The van der Waals surface area contributed by atoms with Gasteiger partial charge in [0, 0.05) is 4.91 Å². The van der Waals surface area contributed by atoms with Crippen molar-refractivity contribution >= 4 is 65.7 Å². The van der Waals surface area contributed by atoms with E-state index in [1.54, 1.807) is 31.2 Å².